The minimum atomic E-state index is -0.151. The van der Waals surface area contributed by atoms with Crippen LogP contribution < -0.4 is 25.4 Å². The fraction of sp³-hybridized carbons (Fsp3) is 0.333. The number of aryl methyl sites for hydroxylation is 1. The zero-order chi connectivity index (χ0) is 21.2. The molecule has 0 aliphatic carbocycles. The molecule has 9 heteroatoms. The van der Waals surface area contributed by atoms with Crippen molar-refractivity contribution in [1.29, 1.82) is 0 Å². The predicted octanol–water partition coefficient (Wildman–Crippen LogP) is 4.69. The van der Waals surface area contributed by atoms with Gasteiger partial charge in [0.1, 0.15) is 0 Å². The lowest BCUT2D eigenvalue weighted by molar-refractivity contribution is -0.116. The van der Waals surface area contributed by atoms with Gasteiger partial charge in [0.05, 0.1) is 31.5 Å². The number of anilines is 2. The van der Waals surface area contributed by atoms with Crippen LogP contribution in [0.3, 0.4) is 0 Å². The number of aliphatic imine (C=N–C) groups is 1. The number of hydrogen-bond donors (Lipinski definition) is 3. The highest BCUT2D eigenvalue weighted by atomic mass is 127. The van der Waals surface area contributed by atoms with E-state index >= 15 is 0 Å². The molecule has 0 aromatic heterocycles. The second-order valence-corrected chi connectivity index (χ2v) is 6.64. The number of nitrogens with one attached hydrogen (secondary N) is 3. The molecular weight excluding hydrogens is 519 g/mol. The number of amides is 1. The summed E-state index contributed by atoms with van der Waals surface area (Å²) in [5.74, 6) is 1.68. The summed E-state index contributed by atoms with van der Waals surface area (Å²) >= 11 is 6.15. The van der Waals surface area contributed by atoms with E-state index in [1.807, 2.05) is 44.2 Å². The zero-order valence-corrected chi connectivity index (χ0v) is 20.6. The first-order valence-corrected chi connectivity index (χ1v) is 9.68. The van der Waals surface area contributed by atoms with Gasteiger partial charge in [-0.15, -0.1) is 24.0 Å². The van der Waals surface area contributed by atoms with Gasteiger partial charge in [-0.3, -0.25) is 9.79 Å². The summed E-state index contributed by atoms with van der Waals surface area (Å²) in [6.07, 6.45) is 0.229. The van der Waals surface area contributed by atoms with Crippen LogP contribution in [0.4, 0.5) is 11.4 Å². The fourth-order valence-corrected chi connectivity index (χ4v) is 2.84. The van der Waals surface area contributed by atoms with Crippen molar-refractivity contribution < 1.29 is 14.3 Å². The molecule has 0 radical (unpaired) electrons. The molecule has 2 aromatic rings. The van der Waals surface area contributed by atoms with Crippen molar-refractivity contribution in [2.75, 3.05) is 37.9 Å². The molecule has 0 heterocycles. The van der Waals surface area contributed by atoms with Gasteiger partial charge in [0.15, 0.2) is 17.5 Å². The molecule has 0 atom stereocenters. The van der Waals surface area contributed by atoms with Gasteiger partial charge in [-0.25, -0.2) is 0 Å². The van der Waals surface area contributed by atoms with Crippen molar-refractivity contribution in [3.8, 4) is 11.5 Å². The van der Waals surface area contributed by atoms with Crippen molar-refractivity contribution in [1.82, 2.24) is 5.32 Å². The van der Waals surface area contributed by atoms with Crippen molar-refractivity contribution >= 4 is 58.8 Å². The highest BCUT2D eigenvalue weighted by Crippen LogP contribution is 2.29. The summed E-state index contributed by atoms with van der Waals surface area (Å²) in [6, 6.07) is 11.0. The Morgan fingerprint density at radius 1 is 1.07 bits per heavy atom. The molecule has 7 nitrogen and oxygen atoms in total. The normalized spacial score (nSPS) is 10.6. The molecule has 0 fully saturated rings. The summed E-state index contributed by atoms with van der Waals surface area (Å²) in [5.41, 5.74) is 2.42. The van der Waals surface area contributed by atoms with Crippen LogP contribution in [0.1, 0.15) is 18.9 Å². The molecule has 0 unspecified atom stereocenters. The summed E-state index contributed by atoms with van der Waals surface area (Å²) in [6.45, 7) is 4.92. The minimum absolute atomic E-state index is 0. The van der Waals surface area contributed by atoms with E-state index in [1.165, 1.54) is 0 Å². The number of halogens is 2. The second-order valence-electron chi connectivity index (χ2n) is 6.24. The number of rotatable bonds is 8. The van der Waals surface area contributed by atoms with Gasteiger partial charge in [0.2, 0.25) is 5.91 Å². The Hall–Kier alpha value is -2.20. The maximum absolute atomic E-state index is 12.2. The molecule has 0 spiro atoms. The van der Waals surface area contributed by atoms with Crippen LogP contribution in [-0.2, 0) is 4.79 Å². The van der Waals surface area contributed by atoms with E-state index in [9.17, 15) is 4.79 Å². The molecule has 30 heavy (non-hydrogen) atoms. The maximum atomic E-state index is 12.2. The number of nitrogens with zero attached hydrogens (tertiary/aromatic N) is 1. The van der Waals surface area contributed by atoms with E-state index in [2.05, 4.69) is 20.9 Å². The van der Waals surface area contributed by atoms with Crippen LogP contribution in [0.5, 0.6) is 11.5 Å². The number of carbonyl (C=O) groups excluding carboxylic acids is 1. The lowest BCUT2D eigenvalue weighted by Gasteiger charge is -2.14. The third kappa shape index (κ3) is 7.91. The number of hydrogen-bond acceptors (Lipinski definition) is 4. The van der Waals surface area contributed by atoms with E-state index in [0.29, 0.717) is 41.3 Å². The fourth-order valence-electron chi connectivity index (χ4n) is 2.56. The lowest BCUT2D eigenvalue weighted by atomic mass is 10.2. The van der Waals surface area contributed by atoms with Crippen LogP contribution in [0.15, 0.2) is 41.4 Å². The van der Waals surface area contributed by atoms with Crippen molar-refractivity contribution in [3.63, 3.8) is 0 Å². The van der Waals surface area contributed by atoms with Crippen LogP contribution in [-0.4, -0.2) is 39.2 Å². The summed E-state index contributed by atoms with van der Waals surface area (Å²) in [4.78, 5) is 16.6. The van der Waals surface area contributed by atoms with Crippen LogP contribution >= 0.6 is 35.6 Å². The topological polar surface area (TPSA) is 84.0 Å². The standard InChI is InChI=1S/C21H27ClN4O3.HI/c1-5-23-21(25-15-7-9-18(28-3)19(13-15)29-4)24-11-10-20(27)26-17-8-6-14(2)12-16(17)22;/h6-9,12-13H,5,10-11H2,1-4H3,(H,26,27)(H2,23,24,25);1H. The quantitative estimate of drug-likeness (QED) is 0.254. The van der Waals surface area contributed by atoms with Crippen molar-refractivity contribution in [2.24, 2.45) is 4.99 Å². The van der Waals surface area contributed by atoms with Gasteiger partial charge in [-0.2, -0.15) is 0 Å². The van der Waals surface area contributed by atoms with E-state index in [0.717, 1.165) is 11.3 Å². The maximum Gasteiger partial charge on any atom is 0.226 e. The summed E-state index contributed by atoms with van der Waals surface area (Å²) < 4.78 is 10.6. The molecule has 1 amide bonds. The first-order chi connectivity index (χ1) is 14.0. The number of benzene rings is 2. The van der Waals surface area contributed by atoms with Crippen LogP contribution in [0, 0.1) is 6.92 Å². The third-order valence-corrected chi connectivity index (χ3v) is 4.31. The number of carbonyl (C=O) groups is 1. The number of ether oxygens (including phenoxy) is 2. The Kier molecular flexibility index (Phi) is 11.3. The predicted molar refractivity (Wildman–Crippen MR) is 134 cm³/mol. The summed E-state index contributed by atoms with van der Waals surface area (Å²) in [5, 5.41) is 9.67. The largest absolute Gasteiger partial charge is 0.493 e. The zero-order valence-electron chi connectivity index (χ0n) is 17.5. The molecule has 0 bridgehead atoms. The molecule has 0 saturated carbocycles. The Labute approximate surface area is 199 Å². The van der Waals surface area contributed by atoms with Gasteiger partial charge < -0.3 is 25.4 Å². The second kappa shape index (κ2) is 13.2. The van der Waals surface area contributed by atoms with E-state index in [-0.39, 0.29) is 36.3 Å². The first-order valence-electron chi connectivity index (χ1n) is 9.30. The van der Waals surface area contributed by atoms with E-state index in [1.54, 1.807) is 20.3 Å². The molecule has 0 aliphatic rings. The Bertz CT molecular complexity index is 877. The highest BCUT2D eigenvalue weighted by Gasteiger charge is 2.08. The first kappa shape index (κ1) is 25.8. The molecule has 0 aliphatic heterocycles. The molecular formula is C21H28ClIN4O3. The smallest absolute Gasteiger partial charge is 0.226 e. The minimum Gasteiger partial charge on any atom is -0.493 e. The monoisotopic (exact) mass is 546 g/mol. The number of guanidine groups is 1. The van der Waals surface area contributed by atoms with Gasteiger partial charge in [-0.1, -0.05) is 17.7 Å². The lowest BCUT2D eigenvalue weighted by Crippen LogP contribution is -2.31. The number of methoxy groups -OCH3 is 2. The van der Waals surface area contributed by atoms with Crippen LogP contribution in [0.25, 0.3) is 0 Å². The van der Waals surface area contributed by atoms with Crippen molar-refractivity contribution in [3.05, 3.63) is 47.0 Å². The average Bonchev–Trinajstić information content (AvgIpc) is 2.70. The molecule has 3 N–H and O–H groups in total. The van der Waals surface area contributed by atoms with Gasteiger partial charge in [0, 0.05) is 24.7 Å². The van der Waals surface area contributed by atoms with Crippen molar-refractivity contribution in [2.45, 2.75) is 20.3 Å². The van der Waals surface area contributed by atoms with Gasteiger partial charge >= 0.3 is 0 Å². The average molecular weight is 547 g/mol. The third-order valence-electron chi connectivity index (χ3n) is 4.00. The van der Waals surface area contributed by atoms with E-state index in [4.69, 9.17) is 21.1 Å². The van der Waals surface area contributed by atoms with E-state index < -0.39 is 0 Å². The Morgan fingerprint density at radius 2 is 1.80 bits per heavy atom. The van der Waals surface area contributed by atoms with Gasteiger partial charge in [0.25, 0.3) is 0 Å². The Balaban J connectivity index is 0.00000450. The van der Waals surface area contributed by atoms with Crippen LogP contribution in [0.2, 0.25) is 5.02 Å². The summed E-state index contributed by atoms with van der Waals surface area (Å²) in [7, 11) is 3.17. The molecule has 2 aromatic carbocycles. The molecule has 0 saturated heterocycles. The Morgan fingerprint density at radius 3 is 2.43 bits per heavy atom. The van der Waals surface area contributed by atoms with Gasteiger partial charge in [-0.05, 0) is 43.7 Å². The highest BCUT2D eigenvalue weighted by molar-refractivity contribution is 14.0. The molecule has 2 rings (SSSR count). The molecule has 164 valence electrons. The SMILES string of the molecule is CCNC(=NCCC(=O)Nc1ccc(C)cc1Cl)Nc1ccc(OC)c(OC)c1.I.